The highest BCUT2D eigenvalue weighted by atomic mass is 35.5. The van der Waals surface area contributed by atoms with Gasteiger partial charge >= 0.3 is 0 Å². The molecular weight excluding hydrogens is 428 g/mol. The first kappa shape index (κ1) is 22.6. The number of nitrogens with one attached hydrogen (secondary N) is 1. The van der Waals surface area contributed by atoms with Crippen molar-refractivity contribution in [2.45, 2.75) is 32.9 Å². The van der Waals surface area contributed by atoms with Gasteiger partial charge in [-0.1, -0.05) is 24.9 Å². The molecule has 0 spiro atoms. The Morgan fingerprint density at radius 1 is 1.19 bits per heavy atom. The van der Waals surface area contributed by atoms with Gasteiger partial charge in [0.05, 0.1) is 30.8 Å². The predicted octanol–water partition coefficient (Wildman–Crippen LogP) is 4.34. The van der Waals surface area contributed by atoms with Crippen molar-refractivity contribution in [1.29, 1.82) is 0 Å². The number of hydrogen-bond donors (Lipinski definition) is 1. The van der Waals surface area contributed by atoms with Crippen LogP contribution in [0, 0.1) is 0 Å². The lowest BCUT2D eigenvalue weighted by Gasteiger charge is -2.26. The third-order valence-corrected chi connectivity index (χ3v) is 5.75. The first-order valence-electron chi connectivity index (χ1n) is 11.1. The number of amides is 1. The maximum absolute atomic E-state index is 12.4. The molecule has 1 aliphatic rings. The number of hydrogen-bond acceptors (Lipinski definition) is 5. The van der Waals surface area contributed by atoms with E-state index in [1.54, 1.807) is 24.3 Å². The van der Waals surface area contributed by atoms with Crippen molar-refractivity contribution in [2.24, 2.45) is 0 Å². The number of rotatable bonds is 9. The Balaban J connectivity index is 1.45. The highest BCUT2D eigenvalue weighted by Gasteiger charge is 2.17. The Morgan fingerprint density at radius 2 is 1.97 bits per heavy atom. The first-order chi connectivity index (χ1) is 15.6. The Hall–Kier alpha value is -2.61. The van der Waals surface area contributed by atoms with Crippen LogP contribution in [0.3, 0.4) is 0 Å². The lowest BCUT2D eigenvalue weighted by Crippen LogP contribution is -2.36. The summed E-state index contributed by atoms with van der Waals surface area (Å²) in [5.41, 5.74) is 2.69. The lowest BCUT2D eigenvalue weighted by atomic mass is 10.2. The van der Waals surface area contributed by atoms with Gasteiger partial charge in [-0.05, 0) is 48.9 Å². The number of ether oxygens (including phenoxy) is 2. The summed E-state index contributed by atoms with van der Waals surface area (Å²) in [6, 6.07) is 12.8. The predicted molar refractivity (Wildman–Crippen MR) is 126 cm³/mol. The maximum Gasteiger partial charge on any atom is 0.262 e. The van der Waals surface area contributed by atoms with Crippen LogP contribution in [0.2, 0.25) is 5.02 Å². The third kappa shape index (κ3) is 5.79. The molecule has 1 N–H and O–H groups in total. The van der Waals surface area contributed by atoms with Gasteiger partial charge in [0.2, 0.25) is 0 Å². The lowest BCUT2D eigenvalue weighted by molar-refractivity contribution is -0.118. The molecule has 0 aliphatic carbocycles. The zero-order valence-corrected chi connectivity index (χ0v) is 19.1. The van der Waals surface area contributed by atoms with E-state index in [4.69, 9.17) is 26.1 Å². The number of carbonyl (C=O) groups is 1. The second kappa shape index (κ2) is 10.8. The summed E-state index contributed by atoms with van der Waals surface area (Å²) in [7, 11) is 0. The summed E-state index contributed by atoms with van der Waals surface area (Å²) in [6.07, 6.45) is 2.22. The molecule has 2 heterocycles. The van der Waals surface area contributed by atoms with E-state index in [0.717, 1.165) is 69.1 Å². The van der Waals surface area contributed by atoms with E-state index in [2.05, 4.69) is 21.7 Å². The highest BCUT2D eigenvalue weighted by Crippen LogP contribution is 2.23. The minimum Gasteiger partial charge on any atom is -0.484 e. The minimum absolute atomic E-state index is 0.0765. The quantitative estimate of drug-likeness (QED) is 0.518. The fourth-order valence-corrected chi connectivity index (χ4v) is 3.91. The van der Waals surface area contributed by atoms with Crippen LogP contribution in [-0.2, 0) is 22.6 Å². The molecule has 0 atom stereocenters. The van der Waals surface area contributed by atoms with Gasteiger partial charge in [0.25, 0.3) is 5.91 Å². The molecule has 0 radical (unpaired) electrons. The summed E-state index contributed by atoms with van der Waals surface area (Å²) < 4.78 is 13.3. The van der Waals surface area contributed by atoms with E-state index in [0.29, 0.717) is 16.5 Å². The van der Waals surface area contributed by atoms with Crippen molar-refractivity contribution in [3.63, 3.8) is 0 Å². The van der Waals surface area contributed by atoms with Crippen molar-refractivity contribution < 1.29 is 14.3 Å². The van der Waals surface area contributed by atoms with Crippen LogP contribution in [0.25, 0.3) is 11.0 Å². The van der Waals surface area contributed by atoms with Crippen molar-refractivity contribution in [3.8, 4) is 5.75 Å². The fourth-order valence-electron chi connectivity index (χ4n) is 3.78. The van der Waals surface area contributed by atoms with E-state index < -0.39 is 0 Å². The highest BCUT2D eigenvalue weighted by molar-refractivity contribution is 6.30. The van der Waals surface area contributed by atoms with Crippen LogP contribution in [0.15, 0.2) is 42.5 Å². The van der Waals surface area contributed by atoms with Crippen LogP contribution < -0.4 is 10.1 Å². The molecule has 7 nitrogen and oxygen atoms in total. The number of anilines is 1. The second-order valence-electron chi connectivity index (χ2n) is 7.92. The Labute approximate surface area is 193 Å². The molecule has 3 aromatic rings. The van der Waals surface area contributed by atoms with Crippen LogP contribution in [0.4, 0.5) is 5.69 Å². The molecule has 0 saturated carbocycles. The average molecular weight is 457 g/mol. The number of morpholine rings is 1. The molecule has 1 aromatic heterocycles. The molecule has 2 aromatic carbocycles. The SMILES string of the molecule is CCCCn1c(CN2CCOCC2)nc2cc(NC(=O)COc3ccc(Cl)cc3)ccc21. The standard InChI is InChI=1S/C24H29ClN4O3/c1-2-3-10-29-22-9-6-19(26-24(30)17-32-20-7-4-18(25)5-8-20)15-21(22)27-23(29)16-28-11-13-31-14-12-28/h4-9,15H,2-3,10-14,16-17H2,1H3,(H,26,30). The summed E-state index contributed by atoms with van der Waals surface area (Å²) in [5, 5.41) is 3.53. The van der Waals surface area contributed by atoms with E-state index in [1.165, 1.54) is 0 Å². The molecule has 1 fully saturated rings. The van der Waals surface area contributed by atoms with Gasteiger partial charge in [-0.2, -0.15) is 0 Å². The van der Waals surface area contributed by atoms with E-state index in [-0.39, 0.29) is 12.5 Å². The van der Waals surface area contributed by atoms with Gasteiger partial charge in [-0.3, -0.25) is 9.69 Å². The fraction of sp³-hybridized carbons (Fsp3) is 0.417. The number of carbonyl (C=O) groups excluding carboxylic acids is 1. The molecule has 32 heavy (non-hydrogen) atoms. The minimum atomic E-state index is -0.224. The number of fused-ring (bicyclic) bond motifs is 1. The molecule has 0 bridgehead atoms. The van der Waals surface area contributed by atoms with Crippen LogP contribution in [0.5, 0.6) is 5.75 Å². The molecule has 8 heteroatoms. The molecule has 170 valence electrons. The van der Waals surface area contributed by atoms with Crippen molar-refractivity contribution in [3.05, 3.63) is 53.3 Å². The zero-order valence-electron chi connectivity index (χ0n) is 18.3. The Kier molecular flexibility index (Phi) is 7.63. The molecule has 0 unspecified atom stereocenters. The third-order valence-electron chi connectivity index (χ3n) is 5.50. The van der Waals surface area contributed by atoms with Gasteiger partial charge < -0.3 is 19.4 Å². The largest absolute Gasteiger partial charge is 0.484 e. The summed E-state index contributed by atoms with van der Waals surface area (Å²) >= 11 is 5.87. The number of aromatic nitrogens is 2. The summed E-state index contributed by atoms with van der Waals surface area (Å²) in [6.45, 7) is 7.24. The molecule has 1 saturated heterocycles. The van der Waals surface area contributed by atoms with E-state index in [9.17, 15) is 4.79 Å². The van der Waals surface area contributed by atoms with Gasteiger partial charge in [-0.25, -0.2) is 4.98 Å². The molecule has 1 amide bonds. The van der Waals surface area contributed by atoms with Crippen molar-refractivity contribution in [2.75, 3.05) is 38.2 Å². The first-order valence-corrected chi connectivity index (χ1v) is 11.5. The van der Waals surface area contributed by atoms with Crippen molar-refractivity contribution in [1.82, 2.24) is 14.5 Å². The number of halogens is 1. The van der Waals surface area contributed by atoms with E-state index >= 15 is 0 Å². The summed E-state index contributed by atoms with van der Waals surface area (Å²) in [4.78, 5) is 19.7. The molecule has 4 rings (SSSR count). The number of nitrogens with zero attached hydrogens (tertiary/aromatic N) is 3. The van der Waals surface area contributed by atoms with Gasteiger partial charge in [0.1, 0.15) is 11.6 Å². The molecular formula is C24H29ClN4O3. The van der Waals surface area contributed by atoms with Gasteiger partial charge in [-0.15, -0.1) is 0 Å². The average Bonchev–Trinajstić information content (AvgIpc) is 3.14. The Morgan fingerprint density at radius 3 is 2.72 bits per heavy atom. The van der Waals surface area contributed by atoms with Crippen LogP contribution in [-0.4, -0.2) is 53.3 Å². The Bertz CT molecular complexity index is 1050. The summed E-state index contributed by atoms with van der Waals surface area (Å²) in [5.74, 6) is 1.44. The number of aryl methyl sites for hydroxylation is 1. The van der Waals surface area contributed by atoms with Crippen molar-refractivity contribution >= 4 is 34.2 Å². The molecule has 1 aliphatic heterocycles. The van der Waals surface area contributed by atoms with Crippen LogP contribution >= 0.6 is 11.6 Å². The van der Waals surface area contributed by atoms with Gasteiger partial charge in [0, 0.05) is 30.3 Å². The zero-order chi connectivity index (χ0) is 22.3. The topological polar surface area (TPSA) is 68.6 Å². The maximum atomic E-state index is 12.4. The smallest absolute Gasteiger partial charge is 0.262 e. The van der Waals surface area contributed by atoms with Crippen LogP contribution in [0.1, 0.15) is 25.6 Å². The second-order valence-corrected chi connectivity index (χ2v) is 8.35. The number of benzene rings is 2. The number of unbranched alkanes of at least 4 members (excludes halogenated alkanes) is 1. The van der Waals surface area contributed by atoms with E-state index in [1.807, 2.05) is 18.2 Å². The van der Waals surface area contributed by atoms with Gasteiger partial charge in [0.15, 0.2) is 6.61 Å². The normalized spacial score (nSPS) is 14.6. The number of imidazole rings is 1. The monoisotopic (exact) mass is 456 g/mol.